The number of rotatable bonds is 5. The SMILES string of the molecule is CC(C)Cn1ncnc1COc1cccc(C#CCN)c1. The van der Waals surface area contributed by atoms with Crippen LogP contribution >= 0.6 is 0 Å². The molecule has 0 spiro atoms. The normalized spacial score (nSPS) is 10.3. The van der Waals surface area contributed by atoms with Crippen LogP contribution in [0, 0.1) is 17.8 Å². The van der Waals surface area contributed by atoms with Crippen molar-refractivity contribution < 1.29 is 4.74 Å². The van der Waals surface area contributed by atoms with E-state index >= 15 is 0 Å². The van der Waals surface area contributed by atoms with E-state index in [1.165, 1.54) is 0 Å². The van der Waals surface area contributed by atoms with E-state index < -0.39 is 0 Å². The maximum atomic E-state index is 5.77. The van der Waals surface area contributed by atoms with Gasteiger partial charge in [0.15, 0.2) is 5.82 Å². The first-order chi connectivity index (χ1) is 10.2. The van der Waals surface area contributed by atoms with Gasteiger partial charge in [0.1, 0.15) is 18.7 Å². The van der Waals surface area contributed by atoms with Crippen molar-refractivity contribution in [2.75, 3.05) is 6.54 Å². The van der Waals surface area contributed by atoms with E-state index in [4.69, 9.17) is 10.5 Å². The summed E-state index contributed by atoms with van der Waals surface area (Å²) in [6, 6.07) is 7.63. The second-order valence-corrected chi connectivity index (χ2v) is 5.07. The van der Waals surface area contributed by atoms with Gasteiger partial charge in [0, 0.05) is 12.1 Å². The Hall–Kier alpha value is -2.32. The summed E-state index contributed by atoms with van der Waals surface area (Å²) in [5.74, 6) is 7.91. The van der Waals surface area contributed by atoms with E-state index in [9.17, 15) is 0 Å². The van der Waals surface area contributed by atoms with Crippen LogP contribution in [0.1, 0.15) is 25.2 Å². The standard InChI is InChI=1S/C16H20N4O/c1-13(2)10-20-16(18-12-19-20)11-21-15-7-3-5-14(9-15)6-4-8-17/h3,5,7,9,12-13H,8,10-11,17H2,1-2H3. The molecule has 0 saturated heterocycles. The van der Waals surface area contributed by atoms with Crippen LogP contribution in [0.5, 0.6) is 5.75 Å². The molecule has 5 nitrogen and oxygen atoms in total. The van der Waals surface area contributed by atoms with E-state index in [0.717, 1.165) is 23.7 Å². The summed E-state index contributed by atoms with van der Waals surface area (Å²) in [6.07, 6.45) is 1.56. The van der Waals surface area contributed by atoms with E-state index in [2.05, 4.69) is 35.8 Å². The second kappa shape index (κ2) is 7.46. The minimum absolute atomic E-state index is 0.351. The molecule has 0 aliphatic rings. The topological polar surface area (TPSA) is 66.0 Å². The van der Waals surface area contributed by atoms with Crippen molar-refractivity contribution in [3.05, 3.63) is 42.0 Å². The fourth-order valence-corrected chi connectivity index (χ4v) is 1.86. The van der Waals surface area contributed by atoms with Crippen molar-refractivity contribution >= 4 is 0 Å². The zero-order chi connectivity index (χ0) is 15.1. The van der Waals surface area contributed by atoms with Crippen LogP contribution in [0.4, 0.5) is 0 Å². The fourth-order valence-electron chi connectivity index (χ4n) is 1.86. The maximum Gasteiger partial charge on any atom is 0.164 e. The van der Waals surface area contributed by atoms with Gasteiger partial charge in [0.2, 0.25) is 0 Å². The van der Waals surface area contributed by atoms with Gasteiger partial charge in [-0.25, -0.2) is 9.67 Å². The fraction of sp³-hybridized carbons (Fsp3) is 0.375. The van der Waals surface area contributed by atoms with Crippen molar-refractivity contribution in [3.8, 4) is 17.6 Å². The highest BCUT2D eigenvalue weighted by molar-refractivity contribution is 5.39. The van der Waals surface area contributed by atoms with Crippen LogP contribution in [-0.2, 0) is 13.2 Å². The minimum Gasteiger partial charge on any atom is -0.486 e. The smallest absolute Gasteiger partial charge is 0.164 e. The number of nitrogens with zero attached hydrogens (tertiary/aromatic N) is 3. The van der Waals surface area contributed by atoms with Crippen molar-refractivity contribution in [3.63, 3.8) is 0 Å². The Labute approximate surface area is 125 Å². The first-order valence-corrected chi connectivity index (χ1v) is 6.97. The van der Waals surface area contributed by atoms with Gasteiger partial charge < -0.3 is 10.5 Å². The summed E-state index contributed by atoms with van der Waals surface area (Å²) in [7, 11) is 0. The van der Waals surface area contributed by atoms with Crippen LogP contribution in [-0.4, -0.2) is 21.3 Å². The Kier molecular flexibility index (Phi) is 5.35. The van der Waals surface area contributed by atoms with Crippen molar-refractivity contribution in [2.45, 2.75) is 27.0 Å². The summed E-state index contributed by atoms with van der Waals surface area (Å²) in [5, 5.41) is 4.22. The molecule has 0 atom stereocenters. The van der Waals surface area contributed by atoms with Crippen LogP contribution in [0.2, 0.25) is 0 Å². The van der Waals surface area contributed by atoms with Crippen LogP contribution < -0.4 is 10.5 Å². The molecule has 21 heavy (non-hydrogen) atoms. The molecule has 2 rings (SSSR count). The first kappa shape index (κ1) is 15.1. The highest BCUT2D eigenvalue weighted by Gasteiger charge is 2.07. The molecule has 1 aromatic heterocycles. The molecule has 110 valence electrons. The molecule has 0 aliphatic carbocycles. The Morgan fingerprint density at radius 3 is 3.00 bits per heavy atom. The number of hydrogen-bond acceptors (Lipinski definition) is 4. The van der Waals surface area contributed by atoms with Gasteiger partial charge in [-0.3, -0.25) is 0 Å². The molecular formula is C16H20N4O. The van der Waals surface area contributed by atoms with E-state index in [1.54, 1.807) is 6.33 Å². The van der Waals surface area contributed by atoms with Crippen LogP contribution in [0.15, 0.2) is 30.6 Å². The monoisotopic (exact) mass is 284 g/mol. The number of ether oxygens (including phenoxy) is 1. The highest BCUT2D eigenvalue weighted by atomic mass is 16.5. The number of nitrogens with two attached hydrogens (primary N) is 1. The van der Waals surface area contributed by atoms with Crippen LogP contribution in [0.3, 0.4) is 0 Å². The molecule has 1 heterocycles. The molecule has 0 saturated carbocycles. The third kappa shape index (κ3) is 4.62. The van der Waals surface area contributed by atoms with Crippen molar-refractivity contribution in [1.82, 2.24) is 14.8 Å². The quantitative estimate of drug-likeness (QED) is 0.851. The lowest BCUT2D eigenvalue weighted by molar-refractivity contribution is 0.282. The molecule has 5 heteroatoms. The van der Waals surface area contributed by atoms with E-state index in [-0.39, 0.29) is 0 Å². The Bertz CT molecular complexity index is 637. The number of aromatic nitrogens is 3. The van der Waals surface area contributed by atoms with Crippen LogP contribution in [0.25, 0.3) is 0 Å². The third-order valence-electron chi connectivity index (χ3n) is 2.77. The van der Waals surface area contributed by atoms with E-state index in [0.29, 0.717) is 19.1 Å². The zero-order valence-corrected chi connectivity index (χ0v) is 12.4. The summed E-state index contributed by atoms with van der Waals surface area (Å²) in [5.41, 5.74) is 6.26. The summed E-state index contributed by atoms with van der Waals surface area (Å²) >= 11 is 0. The molecule has 0 bridgehead atoms. The lowest BCUT2D eigenvalue weighted by atomic mass is 10.2. The Morgan fingerprint density at radius 1 is 1.38 bits per heavy atom. The molecule has 2 N–H and O–H groups in total. The van der Waals surface area contributed by atoms with Crippen molar-refractivity contribution in [2.24, 2.45) is 11.7 Å². The molecule has 0 radical (unpaired) electrons. The summed E-state index contributed by atoms with van der Waals surface area (Å²) in [6.45, 7) is 5.86. The molecule has 0 fully saturated rings. The predicted octanol–water partition coefficient (Wildman–Crippen LogP) is 1.82. The van der Waals surface area contributed by atoms with Gasteiger partial charge in [-0.05, 0) is 24.1 Å². The van der Waals surface area contributed by atoms with Gasteiger partial charge in [-0.1, -0.05) is 31.8 Å². The lowest BCUT2D eigenvalue weighted by Crippen LogP contribution is -2.12. The Balaban J connectivity index is 2.01. The largest absolute Gasteiger partial charge is 0.486 e. The second-order valence-electron chi connectivity index (χ2n) is 5.07. The molecular weight excluding hydrogens is 264 g/mol. The van der Waals surface area contributed by atoms with Crippen molar-refractivity contribution in [1.29, 1.82) is 0 Å². The first-order valence-electron chi connectivity index (χ1n) is 6.97. The molecule has 0 unspecified atom stereocenters. The minimum atomic E-state index is 0.351. The lowest BCUT2D eigenvalue weighted by Gasteiger charge is -2.10. The average Bonchev–Trinajstić information content (AvgIpc) is 2.90. The number of hydrogen-bond donors (Lipinski definition) is 1. The van der Waals surface area contributed by atoms with E-state index in [1.807, 2.05) is 28.9 Å². The molecule has 2 aromatic rings. The molecule has 1 aromatic carbocycles. The average molecular weight is 284 g/mol. The highest BCUT2D eigenvalue weighted by Crippen LogP contribution is 2.14. The molecule has 0 amide bonds. The van der Waals surface area contributed by atoms with Gasteiger partial charge in [0.05, 0.1) is 6.54 Å². The Morgan fingerprint density at radius 2 is 2.24 bits per heavy atom. The summed E-state index contributed by atoms with van der Waals surface area (Å²) < 4.78 is 7.65. The zero-order valence-electron chi connectivity index (χ0n) is 12.4. The summed E-state index contributed by atoms with van der Waals surface area (Å²) in [4.78, 5) is 4.24. The van der Waals surface area contributed by atoms with Gasteiger partial charge in [-0.2, -0.15) is 5.10 Å². The third-order valence-corrected chi connectivity index (χ3v) is 2.77. The van der Waals surface area contributed by atoms with Gasteiger partial charge in [-0.15, -0.1) is 0 Å². The molecule has 0 aliphatic heterocycles. The maximum absolute atomic E-state index is 5.77. The van der Waals surface area contributed by atoms with Gasteiger partial charge >= 0.3 is 0 Å². The predicted molar refractivity (Wildman–Crippen MR) is 81.6 cm³/mol. The number of benzene rings is 1. The van der Waals surface area contributed by atoms with Gasteiger partial charge in [0.25, 0.3) is 0 Å².